The van der Waals surface area contributed by atoms with Gasteiger partial charge in [-0.2, -0.15) is 0 Å². The van der Waals surface area contributed by atoms with Crippen LogP contribution in [0.1, 0.15) is 29.2 Å². The van der Waals surface area contributed by atoms with Crippen LogP contribution < -0.4 is 10.2 Å². The maximum atomic E-state index is 13.1. The lowest BCUT2D eigenvalue weighted by Gasteiger charge is -2.36. The van der Waals surface area contributed by atoms with Crippen molar-refractivity contribution >= 4 is 17.3 Å². The van der Waals surface area contributed by atoms with Gasteiger partial charge in [0, 0.05) is 6.42 Å². The maximum Gasteiger partial charge on any atom is 0.227 e. The van der Waals surface area contributed by atoms with E-state index in [2.05, 4.69) is 48.6 Å². The van der Waals surface area contributed by atoms with Crippen molar-refractivity contribution < 1.29 is 4.79 Å². The second-order valence-electron chi connectivity index (χ2n) is 7.11. The monoisotopic (exact) mass is 356 g/mol. The fraction of sp³-hybridized carbons (Fsp3) is 0.208. The van der Waals surface area contributed by atoms with Gasteiger partial charge in [-0.25, -0.2) is 0 Å². The summed E-state index contributed by atoms with van der Waals surface area (Å²) in [5.74, 6) is 0.172. The Bertz CT molecular complexity index is 919. The fourth-order valence-electron chi connectivity index (χ4n) is 3.60. The first kappa shape index (κ1) is 17.3. The number of anilines is 2. The predicted molar refractivity (Wildman–Crippen MR) is 111 cm³/mol. The summed E-state index contributed by atoms with van der Waals surface area (Å²) in [4.78, 5) is 15.0. The van der Waals surface area contributed by atoms with E-state index in [1.54, 1.807) is 0 Å². The van der Waals surface area contributed by atoms with Crippen LogP contribution in [0, 0.1) is 6.92 Å². The molecule has 1 amide bonds. The van der Waals surface area contributed by atoms with Crippen LogP contribution in [-0.4, -0.2) is 12.5 Å². The van der Waals surface area contributed by atoms with Crippen LogP contribution in [0.25, 0.3) is 0 Å². The molecule has 0 aromatic heterocycles. The highest BCUT2D eigenvalue weighted by molar-refractivity contribution is 5.98. The van der Waals surface area contributed by atoms with Gasteiger partial charge in [0.2, 0.25) is 5.91 Å². The van der Waals surface area contributed by atoms with Crippen LogP contribution in [0.3, 0.4) is 0 Å². The summed E-state index contributed by atoms with van der Waals surface area (Å²) < 4.78 is 0. The lowest BCUT2D eigenvalue weighted by molar-refractivity contribution is -0.118. The Morgan fingerprint density at radius 3 is 2.44 bits per heavy atom. The molecular weight excluding hydrogens is 332 g/mol. The van der Waals surface area contributed by atoms with Crippen molar-refractivity contribution in [3.05, 3.63) is 95.6 Å². The predicted octanol–water partition coefficient (Wildman–Crippen LogP) is 5.13. The zero-order valence-electron chi connectivity index (χ0n) is 15.6. The lowest BCUT2D eigenvalue weighted by atomic mass is 10.0. The topological polar surface area (TPSA) is 32.3 Å². The summed E-state index contributed by atoms with van der Waals surface area (Å²) in [6.07, 6.45) is 1.28. The quantitative estimate of drug-likeness (QED) is 0.703. The Labute approximate surface area is 160 Å². The maximum absolute atomic E-state index is 13.1. The van der Waals surface area contributed by atoms with Gasteiger partial charge in [-0.15, -0.1) is 0 Å². The van der Waals surface area contributed by atoms with Gasteiger partial charge >= 0.3 is 0 Å². The van der Waals surface area contributed by atoms with Gasteiger partial charge in [0.05, 0.1) is 24.0 Å². The Balaban J connectivity index is 1.54. The minimum absolute atomic E-state index is 0.101. The summed E-state index contributed by atoms with van der Waals surface area (Å²) in [5, 5.41) is 3.58. The zero-order valence-corrected chi connectivity index (χ0v) is 15.6. The molecule has 0 radical (unpaired) electrons. The second-order valence-corrected chi connectivity index (χ2v) is 7.11. The summed E-state index contributed by atoms with van der Waals surface area (Å²) in [5.41, 5.74) is 5.63. The Morgan fingerprint density at radius 2 is 1.67 bits per heavy atom. The van der Waals surface area contributed by atoms with E-state index in [4.69, 9.17) is 0 Å². The second kappa shape index (κ2) is 7.67. The number of fused-ring (bicyclic) bond motifs is 1. The fourth-order valence-corrected chi connectivity index (χ4v) is 3.60. The van der Waals surface area contributed by atoms with Crippen molar-refractivity contribution in [2.75, 3.05) is 16.8 Å². The van der Waals surface area contributed by atoms with E-state index in [-0.39, 0.29) is 11.9 Å². The van der Waals surface area contributed by atoms with Crippen LogP contribution in [0.5, 0.6) is 0 Å². The van der Waals surface area contributed by atoms with E-state index < -0.39 is 0 Å². The van der Waals surface area contributed by atoms with Crippen LogP contribution in [-0.2, 0) is 11.2 Å². The number of rotatable bonds is 4. The number of carbonyl (C=O) groups excluding carboxylic acids is 1. The third-order valence-corrected chi connectivity index (χ3v) is 5.14. The molecule has 3 heteroatoms. The molecule has 1 heterocycles. The van der Waals surface area contributed by atoms with E-state index in [1.807, 2.05) is 47.4 Å². The summed E-state index contributed by atoms with van der Waals surface area (Å²) in [7, 11) is 0. The van der Waals surface area contributed by atoms with E-state index in [9.17, 15) is 4.79 Å². The number of amides is 1. The number of para-hydroxylation sites is 2. The molecule has 0 bridgehead atoms. The minimum atomic E-state index is 0.101. The molecule has 1 atom stereocenters. The number of nitrogens with zero attached hydrogens (tertiary/aromatic N) is 1. The SMILES string of the molecule is Cc1ccc(CCC(=O)N2CC(c3ccccc3)Nc3ccccc32)cc1. The first-order chi connectivity index (χ1) is 13.2. The standard InChI is InChI=1S/C24H24N2O/c1-18-11-13-19(14-12-18)15-16-24(27)26-17-22(20-7-3-2-4-8-20)25-21-9-5-6-10-23(21)26/h2-14,22,25H,15-17H2,1H3. The van der Waals surface area contributed by atoms with Gasteiger partial charge in [-0.3, -0.25) is 4.79 Å². The van der Waals surface area contributed by atoms with E-state index in [1.165, 1.54) is 16.7 Å². The van der Waals surface area contributed by atoms with E-state index in [0.717, 1.165) is 17.8 Å². The molecule has 1 aliphatic rings. The Hall–Kier alpha value is -3.07. The molecule has 136 valence electrons. The summed E-state index contributed by atoms with van der Waals surface area (Å²) >= 11 is 0. The number of nitrogens with one attached hydrogen (secondary N) is 1. The Morgan fingerprint density at radius 1 is 0.963 bits per heavy atom. The number of hydrogen-bond acceptors (Lipinski definition) is 2. The largest absolute Gasteiger partial charge is 0.375 e. The molecule has 0 fully saturated rings. The van der Waals surface area contributed by atoms with Crippen LogP contribution >= 0.6 is 0 Å². The van der Waals surface area contributed by atoms with Crippen LogP contribution in [0.2, 0.25) is 0 Å². The number of benzene rings is 3. The van der Waals surface area contributed by atoms with Crippen molar-refractivity contribution in [1.29, 1.82) is 0 Å². The zero-order chi connectivity index (χ0) is 18.6. The number of aryl methyl sites for hydroxylation is 2. The molecule has 4 rings (SSSR count). The molecule has 0 saturated heterocycles. The highest BCUT2D eigenvalue weighted by Gasteiger charge is 2.28. The molecule has 3 nitrogen and oxygen atoms in total. The molecular formula is C24H24N2O. The Kier molecular flexibility index (Phi) is 4.93. The van der Waals surface area contributed by atoms with Crippen molar-refractivity contribution in [2.45, 2.75) is 25.8 Å². The molecule has 1 unspecified atom stereocenters. The molecule has 3 aromatic carbocycles. The van der Waals surface area contributed by atoms with Gasteiger partial charge in [-0.1, -0.05) is 72.3 Å². The van der Waals surface area contributed by atoms with Gasteiger partial charge in [-0.05, 0) is 36.6 Å². The molecule has 1 aliphatic heterocycles. The third-order valence-electron chi connectivity index (χ3n) is 5.14. The van der Waals surface area contributed by atoms with Crippen molar-refractivity contribution in [3.8, 4) is 0 Å². The van der Waals surface area contributed by atoms with Crippen LogP contribution in [0.15, 0.2) is 78.9 Å². The van der Waals surface area contributed by atoms with Gasteiger partial charge in [0.1, 0.15) is 0 Å². The minimum Gasteiger partial charge on any atom is -0.375 e. The van der Waals surface area contributed by atoms with E-state index >= 15 is 0 Å². The van der Waals surface area contributed by atoms with Crippen molar-refractivity contribution in [1.82, 2.24) is 0 Å². The molecule has 27 heavy (non-hydrogen) atoms. The van der Waals surface area contributed by atoms with Crippen molar-refractivity contribution in [2.24, 2.45) is 0 Å². The van der Waals surface area contributed by atoms with Gasteiger partial charge in [0.15, 0.2) is 0 Å². The molecule has 0 saturated carbocycles. The smallest absolute Gasteiger partial charge is 0.227 e. The first-order valence-corrected chi connectivity index (χ1v) is 9.47. The number of hydrogen-bond donors (Lipinski definition) is 1. The average Bonchev–Trinajstić information content (AvgIpc) is 2.73. The van der Waals surface area contributed by atoms with Gasteiger partial charge < -0.3 is 10.2 Å². The van der Waals surface area contributed by atoms with E-state index in [0.29, 0.717) is 13.0 Å². The highest BCUT2D eigenvalue weighted by Crippen LogP contribution is 2.35. The first-order valence-electron chi connectivity index (χ1n) is 9.47. The normalized spacial score (nSPS) is 15.7. The molecule has 0 aliphatic carbocycles. The van der Waals surface area contributed by atoms with Crippen molar-refractivity contribution in [3.63, 3.8) is 0 Å². The lowest BCUT2D eigenvalue weighted by Crippen LogP contribution is -2.40. The molecule has 1 N–H and O–H groups in total. The number of carbonyl (C=O) groups is 1. The summed E-state index contributed by atoms with van der Waals surface area (Å²) in [6, 6.07) is 26.9. The average molecular weight is 356 g/mol. The highest BCUT2D eigenvalue weighted by atomic mass is 16.2. The third kappa shape index (κ3) is 3.87. The van der Waals surface area contributed by atoms with Gasteiger partial charge in [0.25, 0.3) is 0 Å². The van der Waals surface area contributed by atoms with Crippen LogP contribution in [0.4, 0.5) is 11.4 Å². The molecule has 0 spiro atoms. The summed E-state index contributed by atoms with van der Waals surface area (Å²) in [6.45, 7) is 2.73. The molecule has 3 aromatic rings.